The number of aromatic nitrogens is 2. The van der Waals surface area contributed by atoms with E-state index < -0.39 is 5.82 Å². The maximum atomic E-state index is 13.2. The normalized spacial score (nSPS) is 10.4. The van der Waals surface area contributed by atoms with Crippen LogP contribution < -0.4 is 10.1 Å². The van der Waals surface area contributed by atoms with Crippen molar-refractivity contribution in [3.63, 3.8) is 0 Å². The lowest BCUT2D eigenvalue weighted by Crippen LogP contribution is -1.93. The third-order valence-electron chi connectivity index (χ3n) is 2.13. The van der Waals surface area contributed by atoms with E-state index >= 15 is 0 Å². The summed E-state index contributed by atoms with van der Waals surface area (Å²) in [5.41, 5.74) is 0.466. The van der Waals surface area contributed by atoms with Crippen LogP contribution in [0.4, 0.5) is 16.1 Å². The molecule has 5 nitrogen and oxygen atoms in total. The molecule has 0 amide bonds. The monoisotopic (exact) mass is 271 g/mol. The molecule has 0 saturated heterocycles. The maximum absolute atomic E-state index is 13.2. The third kappa shape index (κ3) is 3.10. The fourth-order valence-electron chi connectivity index (χ4n) is 1.36. The molecule has 0 atom stereocenters. The molecular formula is C11H11ClFN3O2. The Morgan fingerprint density at radius 1 is 1.39 bits per heavy atom. The minimum atomic E-state index is -0.419. The molecule has 1 aromatic heterocycles. The number of alkyl halides is 1. The van der Waals surface area contributed by atoms with Crippen LogP contribution in [0.15, 0.2) is 22.6 Å². The van der Waals surface area contributed by atoms with Gasteiger partial charge in [-0.1, -0.05) is 5.10 Å². The lowest BCUT2D eigenvalue weighted by atomic mass is 10.3. The Morgan fingerprint density at radius 3 is 2.94 bits per heavy atom. The number of aryl methyl sites for hydroxylation is 1. The first kappa shape index (κ1) is 12.6. The first-order valence-electron chi connectivity index (χ1n) is 5.21. The molecule has 0 spiro atoms. The van der Waals surface area contributed by atoms with E-state index in [4.69, 9.17) is 20.8 Å². The summed E-state index contributed by atoms with van der Waals surface area (Å²) in [6.07, 6.45) is 0.489. The number of nitrogens with one attached hydrogen (secondary N) is 1. The van der Waals surface area contributed by atoms with Crippen LogP contribution in [0, 0.1) is 5.82 Å². The molecule has 0 unspecified atom stereocenters. The number of hydrogen-bond acceptors (Lipinski definition) is 5. The minimum Gasteiger partial charge on any atom is -0.497 e. The van der Waals surface area contributed by atoms with Crippen molar-refractivity contribution in [3.8, 4) is 5.75 Å². The Labute approximate surface area is 108 Å². The van der Waals surface area contributed by atoms with Crippen LogP contribution in [-0.4, -0.2) is 23.2 Å². The molecule has 7 heteroatoms. The zero-order chi connectivity index (χ0) is 13.0. The second-order valence-electron chi connectivity index (χ2n) is 3.44. The number of nitrogens with zero attached hydrogens (tertiary/aromatic N) is 2. The summed E-state index contributed by atoms with van der Waals surface area (Å²) in [5.74, 6) is 0.807. The fraction of sp³-hybridized carbons (Fsp3) is 0.273. The van der Waals surface area contributed by atoms with Gasteiger partial charge in [-0.3, -0.25) is 0 Å². The van der Waals surface area contributed by atoms with Gasteiger partial charge < -0.3 is 14.5 Å². The van der Waals surface area contributed by atoms with Crippen molar-refractivity contribution < 1.29 is 13.5 Å². The minimum absolute atomic E-state index is 0.183. The highest BCUT2D eigenvalue weighted by Crippen LogP contribution is 2.22. The molecule has 0 aliphatic rings. The van der Waals surface area contributed by atoms with E-state index in [-0.39, 0.29) is 6.01 Å². The van der Waals surface area contributed by atoms with E-state index in [1.165, 1.54) is 19.2 Å². The average molecular weight is 272 g/mol. The van der Waals surface area contributed by atoms with Gasteiger partial charge in [-0.15, -0.1) is 16.7 Å². The molecule has 1 aromatic carbocycles. The number of methoxy groups -OCH3 is 1. The van der Waals surface area contributed by atoms with Crippen LogP contribution in [0.1, 0.15) is 5.89 Å². The number of anilines is 2. The quantitative estimate of drug-likeness (QED) is 0.848. The number of halogens is 2. The highest BCUT2D eigenvalue weighted by atomic mass is 35.5. The molecule has 2 aromatic rings. The van der Waals surface area contributed by atoms with Gasteiger partial charge in [-0.25, -0.2) is 4.39 Å². The van der Waals surface area contributed by atoms with Gasteiger partial charge in [0.05, 0.1) is 7.11 Å². The van der Waals surface area contributed by atoms with Crippen molar-refractivity contribution in [3.05, 3.63) is 29.9 Å². The molecule has 96 valence electrons. The van der Waals surface area contributed by atoms with Gasteiger partial charge in [0.1, 0.15) is 11.6 Å². The summed E-state index contributed by atoms with van der Waals surface area (Å²) in [7, 11) is 1.46. The summed E-state index contributed by atoms with van der Waals surface area (Å²) >= 11 is 5.55. The molecule has 0 bridgehead atoms. The van der Waals surface area contributed by atoms with Gasteiger partial charge in [0.2, 0.25) is 5.89 Å². The van der Waals surface area contributed by atoms with Crippen LogP contribution in [0.25, 0.3) is 0 Å². The Balaban J connectivity index is 2.14. The molecule has 0 saturated carbocycles. The van der Waals surface area contributed by atoms with E-state index in [1.54, 1.807) is 6.07 Å². The van der Waals surface area contributed by atoms with Crippen LogP contribution in [0.5, 0.6) is 5.75 Å². The zero-order valence-electron chi connectivity index (χ0n) is 9.61. The summed E-state index contributed by atoms with van der Waals surface area (Å²) in [6, 6.07) is 4.38. The van der Waals surface area contributed by atoms with Crippen LogP contribution in [-0.2, 0) is 6.42 Å². The SMILES string of the molecule is COc1cc(F)cc(Nc2nnc(CCCl)o2)c1. The lowest BCUT2D eigenvalue weighted by Gasteiger charge is -2.04. The first-order chi connectivity index (χ1) is 8.71. The highest BCUT2D eigenvalue weighted by Gasteiger charge is 2.07. The Kier molecular flexibility index (Phi) is 3.99. The molecule has 18 heavy (non-hydrogen) atoms. The van der Waals surface area contributed by atoms with Crippen LogP contribution in [0.3, 0.4) is 0 Å². The molecule has 2 rings (SSSR count). The van der Waals surface area contributed by atoms with Crippen LogP contribution in [0.2, 0.25) is 0 Å². The van der Waals surface area contributed by atoms with Gasteiger partial charge in [-0.2, -0.15) is 0 Å². The number of rotatable bonds is 5. The van der Waals surface area contributed by atoms with Crippen molar-refractivity contribution in [1.29, 1.82) is 0 Å². The lowest BCUT2D eigenvalue weighted by molar-refractivity contribution is 0.411. The maximum Gasteiger partial charge on any atom is 0.320 e. The Morgan fingerprint density at radius 2 is 2.22 bits per heavy atom. The highest BCUT2D eigenvalue weighted by molar-refractivity contribution is 6.17. The molecular weight excluding hydrogens is 261 g/mol. The smallest absolute Gasteiger partial charge is 0.320 e. The topological polar surface area (TPSA) is 60.2 Å². The van der Waals surface area contributed by atoms with E-state index in [1.807, 2.05) is 0 Å². The van der Waals surface area contributed by atoms with Gasteiger partial charge in [0.25, 0.3) is 0 Å². The summed E-state index contributed by atoms with van der Waals surface area (Å²) < 4.78 is 23.5. The molecule has 0 aliphatic heterocycles. The third-order valence-corrected chi connectivity index (χ3v) is 2.32. The van der Waals surface area contributed by atoms with Crippen molar-refractivity contribution in [2.45, 2.75) is 6.42 Å². The van der Waals surface area contributed by atoms with Gasteiger partial charge in [0, 0.05) is 30.1 Å². The van der Waals surface area contributed by atoms with Gasteiger partial charge >= 0.3 is 6.01 Å². The Hall–Kier alpha value is -1.82. The van der Waals surface area contributed by atoms with Crippen molar-refractivity contribution in [1.82, 2.24) is 10.2 Å². The van der Waals surface area contributed by atoms with E-state index in [9.17, 15) is 4.39 Å². The van der Waals surface area contributed by atoms with Crippen molar-refractivity contribution in [2.24, 2.45) is 0 Å². The predicted octanol–water partition coefficient (Wildman–Crippen LogP) is 2.74. The van der Waals surface area contributed by atoms with E-state index in [2.05, 4.69) is 15.5 Å². The van der Waals surface area contributed by atoms with Gasteiger partial charge in [0.15, 0.2) is 0 Å². The molecule has 0 fully saturated rings. The molecule has 0 radical (unpaired) electrons. The summed E-state index contributed by atoms with van der Waals surface area (Å²) in [4.78, 5) is 0. The second-order valence-corrected chi connectivity index (χ2v) is 3.82. The summed E-state index contributed by atoms with van der Waals surface area (Å²) in [6.45, 7) is 0. The Bertz CT molecular complexity index is 533. The molecule has 1 N–H and O–H groups in total. The van der Waals surface area contributed by atoms with Crippen LogP contribution >= 0.6 is 11.6 Å². The standard InChI is InChI=1S/C11H11ClFN3O2/c1-17-9-5-7(13)4-8(6-9)14-11-16-15-10(18-11)2-3-12/h4-6H,2-3H2,1H3,(H,14,16). The zero-order valence-corrected chi connectivity index (χ0v) is 10.4. The largest absolute Gasteiger partial charge is 0.497 e. The molecule has 0 aliphatic carbocycles. The van der Waals surface area contributed by atoms with E-state index in [0.717, 1.165) is 0 Å². The van der Waals surface area contributed by atoms with Crippen molar-refractivity contribution in [2.75, 3.05) is 18.3 Å². The second kappa shape index (κ2) is 5.68. The first-order valence-corrected chi connectivity index (χ1v) is 5.74. The predicted molar refractivity (Wildman–Crippen MR) is 65.0 cm³/mol. The van der Waals surface area contributed by atoms with E-state index in [0.29, 0.717) is 29.6 Å². The fourth-order valence-corrected chi connectivity index (χ4v) is 1.52. The number of benzene rings is 1. The average Bonchev–Trinajstić information content (AvgIpc) is 2.76. The number of ether oxygens (including phenoxy) is 1. The molecule has 1 heterocycles. The van der Waals surface area contributed by atoms with Gasteiger partial charge in [-0.05, 0) is 6.07 Å². The van der Waals surface area contributed by atoms with Crippen molar-refractivity contribution >= 4 is 23.3 Å². The number of hydrogen-bond donors (Lipinski definition) is 1. The summed E-state index contributed by atoms with van der Waals surface area (Å²) in [5, 5.41) is 10.3.